The molecule has 0 saturated carbocycles. The first-order valence-corrected chi connectivity index (χ1v) is 8.09. The first-order chi connectivity index (χ1) is 10.1. The van der Waals surface area contributed by atoms with Crippen molar-refractivity contribution in [3.8, 4) is 10.1 Å². The summed E-state index contributed by atoms with van der Waals surface area (Å²) in [7, 11) is -11.2. The van der Waals surface area contributed by atoms with Crippen molar-refractivity contribution in [1.29, 1.82) is 0 Å². The second-order valence-electron chi connectivity index (χ2n) is 3.11. The van der Waals surface area contributed by atoms with Crippen LogP contribution >= 0.6 is 11.3 Å². The van der Waals surface area contributed by atoms with Crippen molar-refractivity contribution in [2.45, 2.75) is 12.7 Å². The Morgan fingerprint density at radius 2 is 1.04 bits per heavy atom. The Balaban J connectivity index is 2.80. The minimum absolute atomic E-state index is 0.0589. The Morgan fingerprint density at radius 1 is 0.739 bits per heavy atom. The number of rotatable bonds is 6. The normalized spacial score (nSPS) is 13.8. The highest BCUT2D eigenvalue weighted by Gasteiger charge is 2.40. The molecule has 23 heavy (non-hydrogen) atoms. The zero-order chi connectivity index (χ0) is 18.1. The quantitative estimate of drug-likeness (QED) is 0.654. The zero-order valence-corrected chi connectivity index (χ0v) is 12.4. The first kappa shape index (κ1) is 19.7. The minimum Gasteiger partial charge on any atom is -0.350 e. The molecule has 1 aromatic rings. The molecule has 0 aliphatic rings. The summed E-state index contributed by atoms with van der Waals surface area (Å²) in [5, 5.41) is -1.77. The van der Waals surface area contributed by atoms with Crippen molar-refractivity contribution in [2.75, 3.05) is 0 Å². The van der Waals surface area contributed by atoms with Crippen molar-refractivity contribution in [3.63, 3.8) is 0 Å². The van der Waals surface area contributed by atoms with Gasteiger partial charge in [0, 0.05) is 0 Å². The van der Waals surface area contributed by atoms with Gasteiger partial charge >= 0.3 is 33.5 Å². The monoisotopic (exact) mass is 412 g/mol. The molecule has 0 amide bonds. The van der Waals surface area contributed by atoms with Gasteiger partial charge in [0.25, 0.3) is 0 Å². The molecule has 0 radical (unpaired) electrons. The molecule has 8 nitrogen and oxygen atoms in total. The summed E-state index contributed by atoms with van der Waals surface area (Å²) in [5.41, 5.74) is 0. The predicted molar refractivity (Wildman–Crippen MR) is 57.7 cm³/mol. The van der Waals surface area contributed by atoms with Crippen LogP contribution in [-0.2, 0) is 29.2 Å². The van der Waals surface area contributed by atoms with E-state index in [1.54, 1.807) is 0 Å². The smallest absolute Gasteiger partial charge is 0.350 e. The second-order valence-corrected chi connectivity index (χ2v) is 6.42. The lowest BCUT2D eigenvalue weighted by molar-refractivity contribution is -0.275. The molecule has 0 N–H and O–H groups in total. The maximum Gasteiger partial charge on any atom is 0.539 e. The van der Waals surface area contributed by atoms with Crippen LogP contribution in [0.4, 0.5) is 26.3 Å². The molecule has 134 valence electrons. The van der Waals surface area contributed by atoms with Crippen LogP contribution in [0.15, 0.2) is 12.1 Å². The van der Waals surface area contributed by atoms with E-state index < -0.39 is 43.6 Å². The maximum atomic E-state index is 11.7. The van der Waals surface area contributed by atoms with E-state index in [1.807, 2.05) is 0 Å². The Hall–Kier alpha value is -1.30. The van der Waals surface area contributed by atoms with Gasteiger partial charge in [-0.2, -0.15) is 16.8 Å². The average molecular weight is 412 g/mol. The van der Waals surface area contributed by atoms with Gasteiger partial charge < -0.3 is 8.37 Å². The lowest BCUT2D eigenvalue weighted by Gasteiger charge is -2.07. The molecule has 17 heteroatoms. The second kappa shape index (κ2) is 6.30. The van der Waals surface area contributed by atoms with Gasteiger partial charge in [0.2, 0.25) is 10.1 Å². The largest absolute Gasteiger partial charge is 0.539 e. The van der Waals surface area contributed by atoms with Gasteiger partial charge in [-0.15, -0.1) is 34.7 Å². The Labute approximate surface area is 127 Å². The zero-order valence-electron chi connectivity index (χ0n) is 9.91. The van der Waals surface area contributed by atoms with E-state index in [-0.39, 0.29) is 11.3 Å². The predicted octanol–water partition coefficient (Wildman–Crippen LogP) is 2.07. The molecular weight excluding hydrogens is 410 g/mol. The fraction of sp³-hybridized carbons (Fsp3) is 0.333. The van der Waals surface area contributed by atoms with Crippen LogP contribution in [0.3, 0.4) is 0 Å². The van der Waals surface area contributed by atoms with E-state index in [4.69, 9.17) is 0 Å². The standard InChI is InChI=1S/C6H2F6O8S3/c7-5(8,9)19-22(13,14)17-3-1-2-4(21-3)18-23(15,16)20-6(10,11)12/h1-2H. The highest BCUT2D eigenvalue weighted by molar-refractivity contribution is 7.82. The summed E-state index contributed by atoms with van der Waals surface area (Å²) >= 11 is -0.0589. The summed E-state index contributed by atoms with van der Waals surface area (Å²) in [6.07, 6.45) is -11.2. The average Bonchev–Trinajstić information content (AvgIpc) is 2.54. The summed E-state index contributed by atoms with van der Waals surface area (Å²) in [6.45, 7) is 0. The highest BCUT2D eigenvalue weighted by Crippen LogP contribution is 2.34. The summed E-state index contributed by atoms with van der Waals surface area (Å²) in [4.78, 5) is 0. The molecule has 0 aromatic carbocycles. The van der Waals surface area contributed by atoms with Crippen molar-refractivity contribution in [2.24, 2.45) is 0 Å². The van der Waals surface area contributed by atoms with Crippen LogP contribution < -0.4 is 8.37 Å². The van der Waals surface area contributed by atoms with E-state index >= 15 is 0 Å². The third-order valence-electron chi connectivity index (χ3n) is 1.32. The molecule has 0 atom stereocenters. The molecular formula is C6H2F6O8S3. The van der Waals surface area contributed by atoms with Crippen molar-refractivity contribution < 1.29 is 59.9 Å². The number of halogens is 6. The van der Waals surface area contributed by atoms with E-state index in [0.29, 0.717) is 12.1 Å². The van der Waals surface area contributed by atoms with Crippen LogP contribution in [0, 0.1) is 0 Å². The van der Waals surface area contributed by atoms with Crippen LogP contribution in [0.25, 0.3) is 0 Å². The molecule has 1 aromatic heterocycles. The molecule has 0 bridgehead atoms. The Kier molecular flexibility index (Phi) is 5.41. The molecule has 0 aliphatic carbocycles. The molecule has 1 rings (SSSR count). The molecule has 0 unspecified atom stereocenters. The van der Waals surface area contributed by atoms with Crippen molar-refractivity contribution in [1.82, 2.24) is 0 Å². The summed E-state index contributed by atoms with van der Waals surface area (Å²) in [5.74, 6) is 0. The van der Waals surface area contributed by atoms with E-state index in [9.17, 15) is 43.2 Å². The van der Waals surface area contributed by atoms with Crippen molar-refractivity contribution >= 4 is 32.1 Å². The molecule has 0 aliphatic heterocycles. The molecule has 0 saturated heterocycles. The minimum atomic E-state index is -5.58. The van der Waals surface area contributed by atoms with Gasteiger partial charge in [-0.05, 0) is 12.1 Å². The van der Waals surface area contributed by atoms with Crippen molar-refractivity contribution in [3.05, 3.63) is 12.1 Å². The summed E-state index contributed by atoms with van der Waals surface area (Å²) in [6, 6.07) is 1.20. The Bertz CT molecular complexity index is 682. The topological polar surface area (TPSA) is 105 Å². The SMILES string of the molecule is O=S(=O)(Oc1ccc(OS(=O)(=O)OC(F)(F)F)s1)OC(F)(F)F. The van der Waals surface area contributed by atoms with Gasteiger partial charge in [-0.3, -0.25) is 0 Å². The van der Waals surface area contributed by atoms with Gasteiger partial charge in [0.1, 0.15) is 0 Å². The molecule has 0 fully saturated rings. The first-order valence-electron chi connectivity index (χ1n) is 4.60. The van der Waals surface area contributed by atoms with E-state index in [0.717, 1.165) is 0 Å². The third-order valence-corrected chi connectivity index (χ3v) is 3.92. The van der Waals surface area contributed by atoms with Crippen LogP contribution in [0.2, 0.25) is 0 Å². The van der Waals surface area contributed by atoms with Gasteiger partial charge in [-0.1, -0.05) is 11.3 Å². The number of alkyl halides is 6. The van der Waals surface area contributed by atoms with Gasteiger partial charge in [0.15, 0.2) is 0 Å². The fourth-order valence-corrected chi connectivity index (χ4v) is 3.15. The fourth-order valence-electron chi connectivity index (χ4n) is 0.860. The van der Waals surface area contributed by atoms with E-state index in [1.165, 1.54) is 0 Å². The maximum absolute atomic E-state index is 11.7. The summed E-state index contributed by atoms with van der Waals surface area (Å²) < 4.78 is 126. The molecule has 0 spiro atoms. The third kappa shape index (κ3) is 8.21. The molecule has 1 heterocycles. The van der Waals surface area contributed by atoms with Gasteiger partial charge in [-0.25, -0.2) is 0 Å². The lowest BCUT2D eigenvalue weighted by atomic mass is 10.6. The lowest BCUT2D eigenvalue weighted by Crippen LogP contribution is -2.23. The van der Waals surface area contributed by atoms with Crippen LogP contribution in [0.1, 0.15) is 0 Å². The van der Waals surface area contributed by atoms with Crippen LogP contribution in [-0.4, -0.2) is 29.6 Å². The van der Waals surface area contributed by atoms with Crippen LogP contribution in [0.5, 0.6) is 10.1 Å². The Morgan fingerprint density at radius 3 is 1.30 bits per heavy atom. The number of hydrogen-bond donors (Lipinski definition) is 0. The number of hydrogen-bond acceptors (Lipinski definition) is 9. The highest BCUT2D eigenvalue weighted by atomic mass is 32.3. The van der Waals surface area contributed by atoms with E-state index in [2.05, 4.69) is 16.7 Å². The number of thiophene rings is 1. The van der Waals surface area contributed by atoms with Gasteiger partial charge in [0.05, 0.1) is 0 Å².